The molecule has 0 fully saturated rings. The van der Waals surface area contributed by atoms with Crippen molar-refractivity contribution in [2.75, 3.05) is 11.1 Å². The summed E-state index contributed by atoms with van der Waals surface area (Å²) in [5, 5.41) is 3.48. The Bertz CT molecular complexity index is 1730. The zero-order valence-electron chi connectivity index (χ0n) is 20.0. The summed E-state index contributed by atoms with van der Waals surface area (Å²) < 4.78 is 15.6. The van der Waals surface area contributed by atoms with Gasteiger partial charge in [-0.1, -0.05) is 35.9 Å². The smallest absolute Gasteiger partial charge is 0.240 e. The van der Waals surface area contributed by atoms with Gasteiger partial charge >= 0.3 is 0 Å². The van der Waals surface area contributed by atoms with Crippen LogP contribution in [-0.4, -0.2) is 30.2 Å². The van der Waals surface area contributed by atoms with Crippen molar-refractivity contribution >= 4 is 34.8 Å². The molecule has 3 N–H and O–H groups in total. The third-order valence-corrected chi connectivity index (χ3v) is 7.22. The number of aromatic nitrogens is 5. The first-order chi connectivity index (χ1) is 17.7. The van der Waals surface area contributed by atoms with Gasteiger partial charge in [-0.25, -0.2) is 24.3 Å². The van der Waals surface area contributed by atoms with E-state index in [0.717, 1.165) is 16.7 Å². The van der Waals surface area contributed by atoms with Crippen LogP contribution in [0.15, 0.2) is 61.1 Å². The van der Waals surface area contributed by atoms with Crippen molar-refractivity contribution in [1.29, 1.82) is 0 Å². The molecule has 1 atom stereocenters. The highest BCUT2D eigenvalue weighted by molar-refractivity contribution is 6.31. The lowest BCUT2D eigenvalue weighted by Gasteiger charge is -2.24. The molecule has 184 valence electrons. The number of halogens is 2. The van der Waals surface area contributed by atoms with Gasteiger partial charge in [-0.2, -0.15) is 0 Å². The molecule has 6 rings (SSSR count). The number of rotatable bonds is 4. The van der Waals surface area contributed by atoms with Crippen molar-refractivity contribution in [1.82, 2.24) is 24.3 Å². The molecule has 4 heterocycles. The lowest BCUT2D eigenvalue weighted by molar-refractivity contribution is -0.119. The molecule has 5 aromatic rings. The van der Waals surface area contributed by atoms with Crippen LogP contribution in [0.5, 0.6) is 0 Å². The van der Waals surface area contributed by atoms with E-state index in [-0.39, 0.29) is 23.4 Å². The molecule has 3 aromatic heterocycles. The minimum atomic E-state index is -1.09. The maximum absolute atomic E-state index is 13.8. The van der Waals surface area contributed by atoms with E-state index in [0.29, 0.717) is 39.9 Å². The molecular formula is C27H21ClFN7O. The van der Waals surface area contributed by atoms with E-state index in [2.05, 4.69) is 20.3 Å². The third kappa shape index (κ3) is 3.70. The van der Waals surface area contributed by atoms with Crippen molar-refractivity contribution in [3.63, 3.8) is 0 Å². The zero-order chi connectivity index (χ0) is 25.9. The Morgan fingerprint density at radius 2 is 2.00 bits per heavy atom. The first kappa shape index (κ1) is 23.1. The van der Waals surface area contributed by atoms with Crippen LogP contribution in [0.25, 0.3) is 17.2 Å². The number of hydrogen-bond donors (Lipinski definition) is 2. The Labute approximate surface area is 216 Å². The number of aryl methyl sites for hydroxylation is 1. The summed E-state index contributed by atoms with van der Waals surface area (Å²) in [6.07, 6.45) is 5.55. The minimum Gasteiger partial charge on any atom is -0.383 e. The Balaban J connectivity index is 1.46. The van der Waals surface area contributed by atoms with Crippen molar-refractivity contribution in [3.05, 3.63) is 99.8 Å². The molecule has 0 saturated carbocycles. The Morgan fingerprint density at radius 1 is 1.16 bits per heavy atom. The Hall–Kier alpha value is -4.37. The quantitative estimate of drug-likeness (QED) is 0.360. The number of nitrogens with zero attached hydrogens (tertiary/aromatic N) is 5. The van der Waals surface area contributed by atoms with Gasteiger partial charge in [-0.15, -0.1) is 0 Å². The van der Waals surface area contributed by atoms with Gasteiger partial charge in [0.1, 0.15) is 28.6 Å². The first-order valence-electron chi connectivity index (χ1n) is 11.6. The second kappa shape index (κ2) is 8.35. The summed E-state index contributed by atoms with van der Waals surface area (Å²) >= 11 is 6.21. The minimum absolute atomic E-state index is 0.174. The number of carbonyl (C=O) groups is 1. The summed E-state index contributed by atoms with van der Waals surface area (Å²) in [6.45, 7) is 3.67. The van der Waals surface area contributed by atoms with Gasteiger partial charge in [-0.3, -0.25) is 4.79 Å². The van der Waals surface area contributed by atoms with E-state index in [1.54, 1.807) is 37.6 Å². The number of carbonyl (C=O) groups excluding carboxylic acids is 1. The van der Waals surface area contributed by atoms with E-state index < -0.39 is 5.41 Å². The van der Waals surface area contributed by atoms with E-state index in [4.69, 9.17) is 22.3 Å². The van der Waals surface area contributed by atoms with Gasteiger partial charge in [0, 0.05) is 30.0 Å². The van der Waals surface area contributed by atoms with Crippen LogP contribution in [-0.2, 0) is 16.6 Å². The van der Waals surface area contributed by atoms with Crippen LogP contribution in [0.4, 0.5) is 16.0 Å². The van der Waals surface area contributed by atoms with E-state index in [1.807, 2.05) is 29.5 Å². The van der Waals surface area contributed by atoms with Gasteiger partial charge in [0.2, 0.25) is 5.91 Å². The summed E-state index contributed by atoms with van der Waals surface area (Å²) in [5.41, 5.74) is 9.94. The van der Waals surface area contributed by atoms with Gasteiger partial charge in [0.05, 0.1) is 11.3 Å². The van der Waals surface area contributed by atoms with E-state index in [9.17, 15) is 9.18 Å². The number of benzene rings is 2. The van der Waals surface area contributed by atoms with Gasteiger partial charge in [-0.05, 0) is 48.7 Å². The molecule has 0 aliphatic carbocycles. The highest BCUT2D eigenvalue weighted by Gasteiger charge is 2.47. The number of anilines is 2. The molecule has 2 aromatic carbocycles. The Kier molecular flexibility index (Phi) is 5.20. The van der Waals surface area contributed by atoms with Gasteiger partial charge in [0.15, 0.2) is 11.5 Å². The molecule has 0 saturated heterocycles. The normalized spacial score (nSPS) is 16.7. The number of fused-ring (bicyclic) bond motifs is 2. The van der Waals surface area contributed by atoms with Crippen LogP contribution in [0.1, 0.15) is 34.9 Å². The van der Waals surface area contributed by atoms with Crippen molar-refractivity contribution in [3.8, 4) is 11.5 Å². The number of hydrogen-bond acceptors (Lipinski definition) is 6. The van der Waals surface area contributed by atoms with Crippen LogP contribution in [0, 0.1) is 12.7 Å². The average Bonchev–Trinajstić information content (AvgIpc) is 3.44. The molecule has 1 amide bonds. The molecule has 0 radical (unpaired) electrons. The maximum Gasteiger partial charge on any atom is 0.240 e. The fourth-order valence-corrected chi connectivity index (χ4v) is 4.93. The lowest BCUT2D eigenvalue weighted by atomic mass is 9.77. The molecular weight excluding hydrogens is 493 g/mol. The Morgan fingerprint density at radius 3 is 2.78 bits per heavy atom. The molecule has 1 aliphatic heterocycles. The van der Waals surface area contributed by atoms with Crippen LogP contribution in [0.3, 0.4) is 0 Å². The van der Waals surface area contributed by atoms with Crippen molar-refractivity contribution < 1.29 is 9.18 Å². The number of nitrogen functional groups attached to an aromatic ring is 1. The van der Waals surface area contributed by atoms with Crippen LogP contribution < -0.4 is 11.1 Å². The summed E-state index contributed by atoms with van der Waals surface area (Å²) in [6, 6.07) is 11.8. The second-order valence-corrected chi connectivity index (χ2v) is 9.64. The standard InChI is InChI=1S/C27H21ClFN7O/c1-14-10-16(6-7-18(14)28)27(2)21-22(30)33-23(34-24(21)35-26(27)37)20-13-36-9-8-31-25(36)19(32-20)12-15-4-3-5-17(29)11-15/h3-11,13H,12H2,1-2H3,(H3,30,33,34,35,37). The second-order valence-electron chi connectivity index (χ2n) is 9.24. The molecule has 10 heteroatoms. The average molecular weight is 514 g/mol. The molecule has 37 heavy (non-hydrogen) atoms. The van der Waals surface area contributed by atoms with Crippen molar-refractivity contribution in [2.24, 2.45) is 0 Å². The number of nitrogens with two attached hydrogens (primary N) is 1. The number of amides is 1. The molecule has 0 bridgehead atoms. The summed E-state index contributed by atoms with van der Waals surface area (Å²) in [7, 11) is 0. The third-order valence-electron chi connectivity index (χ3n) is 6.79. The van der Waals surface area contributed by atoms with Crippen LogP contribution >= 0.6 is 11.6 Å². The SMILES string of the molecule is Cc1cc(C2(C)C(=O)Nc3nc(-c4cn5ccnc5c(Cc5cccc(F)c5)n4)nc(N)c32)ccc1Cl. The summed E-state index contributed by atoms with van der Waals surface area (Å²) in [4.78, 5) is 31.6. The predicted octanol–water partition coefficient (Wildman–Crippen LogP) is 4.72. The number of nitrogens with one attached hydrogen (secondary N) is 1. The number of imidazole rings is 1. The molecule has 1 aliphatic rings. The van der Waals surface area contributed by atoms with Crippen LogP contribution in [0.2, 0.25) is 5.02 Å². The zero-order valence-corrected chi connectivity index (χ0v) is 20.7. The maximum atomic E-state index is 13.8. The van der Waals surface area contributed by atoms with Gasteiger partial charge < -0.3 is 15.5 Å². The monoisotopic (exact) mass is 513 g/mol. The predicted molar refractivity (Wildman–Crippen MR) is 139 cm³/mol. The summed E-state index contributed by atoms with van der Waals surface area (Å²) in [5.74, 6) is 0.184. The molecule has 8 nitrogen and oxygen atoms in total. The largest absolute Gasteiger partial charge is 0.383 e. The highest BCUT2D eigenvalue weighted by atomic mass is 35.5. The lowest BCUT2D eigenvalue weighted by Crippen LogP contribution is -2.33. The van der Waals surface area contributed by atoms with Crippen molar-refractivity contribution in [2.45, 2.75) is 25.7 Å². The topological polar surface area (TPSA) is 111 Å². The molecule has 0 spiro atoms. The van der Waals surface area contributed by atoms with E-state index in [1.165, 1.54) is 12.1 Å². The first-order valence-corrected chi connectivity index (χ1v) is 12.0. The van der Waals surface area contributed by atoms with E-state index >= 15 is 0 Å². The van der Waals surface area contributed by atoms with Gasteiger partial charge in [0.25, 0.3) is 0 Å². The fourth-order valence-electron chi connectivity index (χ4n) is 4.82. The fraction of sp³-hybridized carbons (Fsp3) is 0.148. The highest BCUT2D eigenvalue weighted by Crippen LogP contribution is 2.45. The molecule has 1 unspecified atom stereocenters.